The monoisotopic (exact) mass is 208 g/mol. The molecule has 1 aromatic carbocycles. The fraction of sp³-hybridized carbons (Fsp3) is 0.111. The highest BCUT2D eigenvalue weighted by Gasteiger charge is 2.16. The van der Waals surface area contributed by atoms with Crippen LogP contribution in [0.1, 0.15) is 10.4 Å². The summed E-state index contributed by atoms with van der Waals surface area (Å²) in [5, 5.41) is 20.1. The molecule has 0 fully saturated rings. The van der Waals surface area contributed by atoms with Gasteiger partial charge in [0.05, 0.1) is 5.56 Å². The Hall–Kier alpha value is -2.08. The van der Waals surface area contributed by atoms with Crippen LogP contribution in [0.15, 0.2) is 24.3 Å². The minimum atomic E-state index is -0.988. The van der Waals surface area contributed by atoms with Gasteiger partial charge in [-0.05, 0) is 29.0 Å². The number of carboxylic acids is 1. The predicted molar refractivity (Wildman–Crippen MR) is 50.5 cm³/mol. The Kier molecular flexibility index (Phi) is 2.26. The zero-order chi connectivity index (χ0) is 10.8. The van der Waals surface area contributed by atoms with Crippen molar-refractivity contribution in [1.29, 1.82) is 0 Å². The van der Waals surface area contributed by atoms with E-state index in [9.17, 15) is 10.0 Å². The number of hydroxylamine groups is 2. The third kappa shape index (κ3) is 1.89. The Morgan fingerprint density at radius 3 is 2.60 bits per heavy atom. The van der Waals surface area contributed by atoms with Crippen molar-refractivity contribution in [2.24, 2.45) is 0 Å². The Bertz CT molecular complexity index is 413. The maximum absolute atomic E-state index is 10.8. The lowest BCUT2D eigenvalue weighted by Gasteiger charge is -2.02. The van der Waals surface area contributed by atoms with Gasteiger partial charge in [-0.1, -0.05) is 0 Å². The zero-order valence-corrected chi connectivity index (χ0v) is 7.66. The minimum absolute atomic E-state index is 0.0549. The van der Waals surface area contributed by atoms with Gasteiger partial charge in [-0.15, -0.1) is 0 Å². The van der Waals surface area contributed by atoms with Gasteiger partial charge in [-0.2, -0.15) is 0 Å². The average Bonchev–Trinajstić information content (AvgIpc) is 2.65. The number of benzene rings is 1. The van der Waals surface area contributed by atoms with Gasteiger partial charge in [0.1, 0.15) is 0 Å². The third-order valence-corrected chi connectivity index (χ3v) is 1.93. The molecule has 0 unspecified atom stereocenters. The van der Waals surface area contributed by atoms with Crippen LogP contribution in [0.5, 0.6) is 0 Å². The lowest BCUT2D eigenvalue weighted by molar-refractivity contribution is -0.715. The molecule has 2 rings (SSSR count). The van der Waals surface area contributed by atoms with E-state index in [1.165, 1.54) is 23.2 Å². The Balaban J connectivity index is 2.24. The SMILES string of the molecule is O=C(O)c1ccc([N+]2=CN([O-])CO2)cc1. The lowest BCUT2D eigenvalue weighted by Crippen LogP contribution is -2.08. The molecule has 6 heteroatoms. The maximum Gasteiger partial charge on any atom is 0.335 e. The molecule has 1 aliphatic heterocycles. The van der Waals surface area contributed by atoms with E-state index < -0.39 is 5.97 Å². The number of nitrogens with zero attached hydrogens (tertiary/aromatic N) is 2. The second-order valence-corrected chi connectivity index (χ2v) is 2.97. The van der Waals surface area contributed by atoms with Crippen molar-refractivity contribution in [3.05, 3.63) is 35.0 Å². The number of carboxylic acid groups (broad SMARTS) is 1. The summed E-state index contributed by atoms with van der Waals surface area (Å²) in [5.41, 5.74) is 0.801. The van der Waals surface area contributed by atoms with Gasteiger partial charge in [-0.3, -0.25) is 9.90 Å². The highest BCUT2D eigenvalue weighted by Crippen LogP contribution is 2.15. The summed E-state index contributed by atoms with van der Waals surface area (Å²) in [6, 6.07) is 6.03. The van der Waals surface area contributed by atoms with Crippen LogP contribution in [0.2, 0.25) is 0 Å². The van der Waals surface area contributed by atoms with E-state index in [2.05, 4.69) is 0 Å². The quantitative estimate of drug-likeness (QED) is 0.726. The summed E-state index contributed by atoms with van der Waals surface area (Å²) in [6.07, 6.45) is 1.25. The van der Waals surface area contributed by atoms with Crippen LogP contribution in [-0.4, -0.2) is 33.9 Å². The lowest BCUT2D eigenvalue weighted by atomic mass is 10.2. The fourth-order valence-corrected chi connectivity index (χ4v) is 1.19. The number of aromatic carboxylic acids is 1. The van der Waals surface area contributed by atoms with E-state index in [0.717, 1.165) is 0 Å². The molecule has 1 aliphatic rings. The van der Waals surface area contributed by atoms with Crippen molar-refractivity contribution in [1.82, 2.24) is 5.06 Å². The first kappa shape index (κ1) is 9.47. The smallest absolute Gasteiger partial charge is 0.335 e. The van der Waals surface area contributed by atoms with Crippen molar-refractivity contribution in [3.63, 3.8) is 0 Å². The van der Waals surface area contributed by atoms with E-state index >= 15 is 0 Å². The van der Waals surface area contributed by atoms with E-state index in [4.69, 9.17) is 9.94 Å². The molecule has 0 bridgehead atoms. The van der Waals surface area contributed by atoms with E-state index in [1.807, 2.05) is 0 Å². The second-order valence-electron chi connectivity index (χ2n) is 2.97. The molecule has 6 nitrogen and oxygen atoms in total. The van der Waals surface area contributed by atoms with Gasteiger partial charge in [0, 0.05) is 0 Å². The van der Waals surface area contributed by atoms with Gasteiger partial charge in [-0.25, -0.2) is 4.79 Å². The molecule has 0 spiro atoms. The zero-order valence-electron chi connectivity index (χ0n) is 7.66. The normalized spacial score (nSPS) is 14.7. The van der Waals surface area contributed by atoms with Gasteiger partial charge in [0.25, 0.3) is 13.1 Å². The first-order valence-corrected chi connectivity index (χ1v) is 4.21. The molecule has 1 heterocycles. The van der Waals surface area contributed by atoms with Crippen molar-refractivity contribution >= 4 is 18.0 Å². The standard InChI is InChI=1S/C9H8N2O4/c12-9(13)7-1-3-8(4-2-7)11-5-10(14)6-15-11/h1-5H,6H2,(H-,12,13,14). The van der Waals surface area contributed by atoms with Crippen LogP contribution in [0, 0.1) is 5.21 Å². The molecule has 0 saturated heterocycles. The molecule has 15 heavy (non-hydrogen) atoms. The molecule has 0 aliphatic carbocycles. The predicted octanol–water partition coefficient (Wildman–Crippen LogP) is 0.760. The van der Waals surface area contributed by atoms with Crippen LogP contribution < -0.4 is 0 Å². The largest absolute Gasteiger partial charge is 0.652 e. The van der Waals surface area contributed by atoms with Gasteiger partial charge in [0.15, 0.2) is 5.69 Å². The molecule has 0 atom stereocenters. The molecule has 0 radical (unpaired) electrons. The number of rotatable bonds is 2. The molecule has 0 amide bonds. The van der Waals surface area contributed by atoms with E-state index in [1.54, 1.807) is 12.1 Å². The van der Waals surface area contributed by atoms with Crippen molar-refractivity contribution in [3.8, 4) is 0 Å². The third-order valence-electron chi connectivity index (χ3n) is 1.93. The molecule has 1 N–H and O–H groups in total. The van der Waals surface area contributed by atoms with Gasteiger partial charge < -0.3 is 10.3 Å². The first-order chi connectivity index (χ1) is 7.16. The Labute approximate surface area is 85.2 Å². The van der Waals surface area contributed by atoms with E-state index in [-0.39, 0.29) is 12.3 Å². The summed E-state index contributed by atoms with van der Waals surface area (Å²) >= 11 is 0. The van der Waals surface area contributed by atoms with Gasteiger partial charge in [0.2, 0.25) is 0 Å². The molecule has 0 aromatic heterocycles. The Morgan fingerprint density at radius 2 is 2.13 bits per heavy atom. The average molecular weight is 208 g/mol. The topological polar surface area (TPSA) is 75.8 Å². The van der Waals surface area contributed by atoms with Crippen molar-refractivity contribution in [2.75, 3.05) is 6.73 Å². The molecular formula is C9H8N2O4. The Morgan fingerprint density at radius 1 is 1.47 bits per heavy atom. The highest BCUT2D eigenvalue weighted by molar-refractivity contribution is 5.87. The molecule has 0 saturated carbocycles. The minimum Gasteiger partial charge on any atom is -0.652 e. The van der Waals surface area contributed by atoms with E-state index in [0.29, 0.717) is 10.8 Å². The summed E-state index contributed by atoms with van der Waals surface area (Å²) in [6.45, 7) is -0.0549. The summed E-state index contributed by atoms with van der Waals surface area (Å²) in [4.78, 5) is 15.6. The summed E-state index contributed by atoms with van der Waals surface area (Å²) in [7, 11) is 0. The molecular weight excluding hydrogens is 200 g/mol. The maximum atomic E-state index is 10.8. The van der Waals surface area contributed by atoms with Gasteiger partial charge >= 0.3 is 5.97 Å². The van der Waals surface area contributed by atoms with Crippen LogP contribution in [0.25, 0.3) is 0 Å². The molecule has 78 valence electrons. The molecule has 1 aromatic rings. The summed E-state index contributed by atoms with van der Waals surface area (Å²) in [5.74, 6) is -0.988. The van der Waals surface area contributed by atoms with Crippen LogP contribution >= 0.6 is 0 Å². The van der Waals surface area contributed by atoms with Crippen LogP contribution in [0.3, 0.4) is 0 Å². The highest BCUT2D eigenvalue weighted by atomic mass is 16.7. The van der Waals surface area contributed by atoms with Crippen molar-refractivity contribution in [2.45, 2.75) is 0 Å². The van der Waals surface area contributed by atoms with Crippen molar-refractivity contribution < 1.29 is 19.5 Å². The first-order valence-electron chi connectivity index (χ1n) is 4.21. The van der Waals surface area contributed by atoms with Crippen LogP contribution in [-0.2, 0) is 4.84 Å². The van der Waals surface area contributed by atoms with Crippen LogP contribution in [0.4, 0.5) is 5.69 Å². The number of hydrogen-bond donors (Lipinski definition) is 1. The number of carbonyl (C=O) groups is 1. The number of hydrogen-bond acceptors (Lipinski definition) is 4. The second kappa shape index (κ2) is 3.58. The fourth-order valence-electron chi connectivity index (χ4n) is 1.19. The summed E-state index contributed by atoms with van der Waals surface area (Å²) < 4.78 is 1.29.